The standard InChI is InChI=1S/C14H13Cl2NO/c1-18-12-4-2-3-10(7-12)9-17-11-5-6-13(15)14(16)8-11/h2-8,17H,9H2,1H3. The molecule has 0 aliphatic heterocycles. The van der Waals surface area contributed by atoms with E-state index >= 15 is 0 Å². The third-order valence-corrected chi connectivity index (χ3v) is 3.29. The minimum absolute atomic E-state index is 0.548. The Morgan fingerprint density at radius 2 is 1.89 bits per heavy atom. The average molecular weight is 282 g/mol. The summed E-state index contributed by atoms with van der Waals surface area (Å²) in [7, 11) is 1.66. The number of methoxy groups -OCH3 is 1. The van der Waals surface area contributed by atoms with Gasteiger partial charge >= 0.3 is 0 Å². The van der Waals surface area contributed by atoms with Crippen LogP contribution in [0.2, 0.25) is 10.0 Å². The molecule has 0 bridgehead atoms. The van der Waals surface area contributed by atoms with Crippen molar-refractivity contribution in [2.45, 2.75) is 6.54 Å². The average Bonchev–Trinajstić information content (AvgIpc) is 2.40. The highest BCUT2D eigenvalue weighted by Crippen LogP contribution is 2.25. The number of halogens is 2. The Morgan fingerprint density at radius 1 is 1.06 bits per heavy atom. The molecule has 2 rings (SSSR count). The Morgan fingerprint density at radius 3 is 2.61 bits per heavy atom. The Balaban J connectivity index is 2.04. The first-order chi connectivity index (χ1) is 8.69. The lowest BCUT2D eigenvalue weighted by molar-refractivity contribution is 0.414. The molecule has 0 aliphatic carbocycles. The Kier molecular flexibility index (Phi) is 4.34. The molecule has 4 heteroatoms. The lowest BCUT2D eigenvalue weighted by atomic mass is 10.2. The topological polar surface area (TPSA) is 21.3 Å². The van der Waals surface area contributed by atoms with Crippen molar-refractivity contribution in [3.05, 3.63) is 58.1 Å². The van der Waals surface area contributed by atoms with E-state index in [0.717, 1.165) is 17.0 Å². The highest BCUT2D eigenvalue weighted by atomic mass is 35.5. The molecule has 0 saturated heterocycles. The molecule has 0 radical (unpaired) electrons. The van der Waals surface area contributed by atoms with Crippen LogP contribution in [0.4, 0.5) is 5.69 Å². The van der Waals surface area contributed by atoms with Gasteiger partial charge in [-0.25, -0.2) is 0 Å². The van der Waals surface area contributed by atoms with Crippen molar-refractivity contribution in [1.82, 2.24) is 0 Å². The molecule has 1 N–H and O–H groups in total. The maximum absolute atomic E-state index is 5.95. The summed E-state index contributed by atoms with van der Waals surface area (Å²) in [5, 5.41) is 4.39. The van der Waals surface area contributed by atoms with Gasteiger partial charge in [0.25, 0.3) is 0 Å². The minimum Gasteiger partial charge on any atom is -0.497 e. The summed E-state index contributed by atoms with van der Waals surface area (Å²) in [6, 6.07) is 13.4. The fourth-order valence-corrected chi connectivity index (χ4v) is 1.89. The van der Waals surface area contributed by atoms with Gasteiger partial charge in [0.2, 0.25) is 0 Å². The van der Waals surface area contributed by atoms with Crippen LogP contribution in [0.25, 0.3) is 0 Å². The molecule has 0 amide bonds. The lowest BCUT2D eigenvalue weighted by Gasteiger charge is -2.08. The van der Waals surface area contributed by atoms with Crippen molar-refractivity contribution < 1.29 is 4.74 Å². The number of anilines is 1. The van der Waals surface area contributed by atoms with Crippen LogP contribution in [0.5, 0.6) is 5.75 Å². The summed E-state index contributed by atoms with van der Waals surface area (Å²) in [4.78, 5) is 0. The van der Waals surface area contributed by atoms with Gasteiger partial charge in [-0.05, 0) is 35.9 Å². The second-order valence-electron chi connectivity index (χ2n) is 3.83. The van der Waals surface area contributed by atoms with Crippen molar-refractivity contribution in [1.29, 1.82) is 0 Å². The van der Waals surface area contributed by atoms with E-state index in [1.54, 1.807) is 13.2 Å². The molecule has 0 unspecified atom stereocenters. The summed E-state index contributed by atoms with van der Waals surface area (Å²) in [6.45, 7) is 0.704. The van der Waals surface area contributed by atoms with Crippen molar-refractivity contribution in [3.63, 3.8) is 0 Å². The summed E-state index contributed by atoms with van der Waals surface area (Å²) in [5.74, 6) is 0.850. The normalized spacial score (nSPS) is 10.2. The zero-order chi connectivity index (χ0) is 13.0. The molecular weight excluding hydrogens is 269 g/mol. The Hall–Kier alpha value is -1.38. The molecule has 94 valence electrons. The van der Waals surface area contributed by atoms with Gasteiger partial charge in [0.05, 0.1) is 17.2 Å². The Bertz CT molecular complexity index is 543. The van der Waals surface area contributed by atoms with E-state index in [0.29, 0.717) is 16.6 Å². The number of nitrogens with one attached hydrogen (secondary N) is 1. The van der Waals surface area contributed by atoms with Crippen LogP contribution in [0.1, 0.15) is 5.56 Å². The predicted octanol–water partition coefficient (Wildman–Crippen LogP) is 4.61. The second kappa shape index (κ2) is 5.98. The quantitative estimate of drug-likeness (QED) is 0.883. The monoisotopic (exact) mass is 281 g/mol. The lowest BCUT2D eigenvalue weighted by Crippen LogP contribution is -1.99. The summed E-state index contributed by atoms with van der Waals surface area (Å²) >= 11 is 11.8. The molecule has 0 aliphatic rings. The fourth-order valence-electron chi connectivity index (χ4n) is 1.59. The van der Waals surface area contributed by atoms with Gasteiger partial charge in [-0.2, -0.15) is 0 Å². The predicted molar refractivity (Wildman–Crippen MR) is 76.8 cm³/mol. The van der Waals surface area contributed by atoms with Crippen LogP contribution in [0, 0.1) is 0 Å². The third-order valence-electron chi connectivity index (χ3n) is 2.55. The molecule has 0 heterocycles. The van der Waals surface area contributed by atoms with Crippen molar-refractivity contribution in [2.75, 3.05) is 12.4 Å². The van der Waals surface area contributed by atoms with Gasteiger partial charge in [-0.3, -0.25) is 0 Å². The number of benzene rings is 2. The summed E-state index contributed by atoms with van der Waals surface area (Å²) < 4.78 is 5.18. The molecule has 2 nitrogen and oxygen atoms in total. The van der Waals surface area contributed by atoms with Crippen molar-refractivity contribution in [3.8, 4) is 5.75 Å². The Labute approximate surface area is 116 Å². The number of hydrogen-bond acceptors (Lipinski definition) is 2. The first-order valence-corrected chi connectivity index (χ1v) is 6.26. The molecule has 0 atom stereocenters. The summed E-state index contributed by atoms with van der Waals surface area (Å²) in [5.41, 5.74) is 2.08. The van der Waals surface area contributed by atoms with E-state index < -0.39 is 0 Å². The van der Waals surface area contributed by atoms with E-state index in [4.69, 9.17) is 27.9 Å². The fraction of sp³-hybridized carbons (Fsp3) is 0.143. The smallest absolute Gasteiger partial charge is 0.119 e. The zero-order valence-corrected chi connectivity index (χ0v) is 11.4. The number of rotatable bonds is 4. The highest BCUT2D eigenvalue weighted by Gasteiger charge is 2.00. The maximum Gasteiger partial charge on any atom is 0.119 e. The largest absolute Gasteiger partial charge is 0.497 e. The molecule has 0 saturated carbocycles. The van der Waals surface area contributed by atoms with Crippen molar-refractivity contribution >= 4 is 28.9 Å². The van der Waals surface area contributed by atoms with Crippen LogP contribution >= 0.6 is 23.2 Å². The highest BCUT2D eigenvalue weighted by molar-refractivity contribution is 6.42. The molecule has 18 heavy (non-hydrogen) atoms. The second-order valence-corrected chi connectivity index (χ2v) is 4.65. The molecule has 0 fully saturated rings. The first-order valence-electron chi connectivity index (χ1n) is 5.51. The van der Waals surface area contributed by atoms with Gasteiger partial charge < -0.3 is 10.1 Å². The SMILES string of the molecule is COc1cccc(CNc2ccc(Cl)c(Cl)c2)c1. The van der Waals surface area contributed by atoms with Gasteiger partial charge in [0.1, 0.15) is 5.75 Å². The minimum atomic E-state index is 0.548. The van der Waals surface area contributed by atoms with Crippen LogP contribution in [0.3, 0.4) is 0 Å². The molecule has 0 spiro atoms. The van der Waals surface area contributed by atoms with Crippen LogP contribution < -0.4 is 10.1 Å². The van der Waals surface area contributed by atoms with Gasteiger partial charge in [-0.15, -0.1) is 0 Å². The van der Waals surface area contributed by atoms with Gasteiger partial charge in [0, 0.05) is 12.2 Å². The molecule has 0 aromatic heterocycles. The van der Waals surface area contributed by atoms with E-state index in [9.17, 15) is 0 Å². The van der Waals surface area contributed by atoms with Gasteiger partial charge in [-0.1, -0.05) is 35.3 Å². The number of hydrogen-bond donors (Lipinski definition) is 1. The third kappa shape index (κ3) is 3.31. The van der Waals surface area contributed by atoms with Crippen molar-refractivity contribution in [2.24, 2.45) is 0 Å². The van der Waals surface area contributed by atoms with E-state index in [1.807, 2.05) is 36.4 Å². The summed E-state index contributed by atoms with van der Waals surface area (Å²) in [6.07, 6.45) is 0. The maximum atomic E-state index is 5.95. The van der Waals surface area contributed by atoms with Crippen LogP contribution in [-0.2, 0) is 6.54 Å². The molecule has 2 aromatic rings. The molecular formula is C14H13Cl2NO. The van der Waals surface area contributed by atoms with E-state index in [-0.39, 0.29) is 0 Å². The first kappa shape index (κ1) is 13.1. The van der Waals surface area contributed by atoms with E-state index in [1.165, 1.54) is 0 Å². The zero-order valence-electron chi connectivity index (χ0n) is 9.91. The van der Waals surface area contributed by atoms with Crippen LogP contribution in [0.15, 0.2) is 42.5 Å². The molecule has 2 aromatic carbocycles. The number of ether oxygens (including phenoxy) is 1. The van der Waals surface area contributed by atoms with Crippen LogP contribution in [-0.4, -0.2) is 7.11 Å². The van der Waals surface area contributed by atoms with Gasteiger partial charge in [0.15, 0.2) is 0 Å². The van der Waals surface area contributed by atoms with E-state index in [2.05, 4.69) is 5.32 Å².